The maximum Gasteiger partial charge on any atom is 0.339 e. The van der Waals surface area contributed by atoms with E-state index in [0.717, 1.165) is 77.0 Å². The number of unbranched alkanes of at least 4 members (excludes halogenated alkanes) is 12. The maximum absolute atomic E-state index is 12.9. The highest BCUT2D eigenvalue weighted by Crippen LogP contribution is 2.22. The number of ether oxygens (including phenoxy) is 1. The number of nitrogens with one attached hydrogen (secondary N) is 2. The number of carbonyl (C=O) groups is 5. The van der Waals surface area contributed by atoms with Crippen LogP contribution in [0, 0.1) is 0 Å². The number of rotatable bonds is 29. The average molecular weight is 725 g/mol. The van der Waals surface area contributed by atoms with Crippen LogP contribution < -0.4 is 10.6 Å². The molecule has 5 N–H and O–H groups in total. The van der Waals surface area contributed by atoms with Crippen molar-refractivity contribution >= 4 is 29.6 Å². The second-order valence-corrected chi connectivity index (χ2v) is 14.1. The van der Waals surface area contributed by atoms with E-state index in [1.807, 2.05) is 0 Å². The predicted octanol–water partition coefficient (Wildman–Crippen LogP) is 5.90. The van der Waals surface area contributed by atoms with Gasteiger partial charge in [-0.3, -0.25) is 29.6 Å². The third-order valence-electron chi connectivity index (χ3n) is 7.90. The zero-order valence-electron chi connectivity index (χ0n) is 32.1. The maximum atomic E-state index is 12.9. The molecule has 294 valence electrons. The first kappa shape index (κ1) is 47.7. The summed E-state index contributed by atoms with van der Waals surface area (Å²) < 4.78 is 5.34. The highest BCUT2D eigenvalue weighted by molar-refractivity contribution is 5.92. The van der Waals surface area contributed by atoms with Crippen LogP contribution in [-0.2, 0) is 28.7 Å². The molecule has 0 aliphatic heterocycles. The zero-order chi connectivity index (χ0) is 38.5. The Morgan fingerprint density at radius 1 is 0.608 bits per heavy atom. The van der Waals surface area contributed by atoms with Crippen LogP contribution in [0.1, 0.15) is 150 Å². The van der Waals surface area contributed by atoms with Crippen LogP contribution in [0.15, 0.2) is 24.3 Å². The number of aliphatic hydroxyl groups is 1. The number of allylic oxidation sites excluding steroid dienone is 2. The van der Waals surface area contributed by atoms with Crippen molar-refractivity contribution in [2.75, 3.05) is 26.2 Å². The SMILES string of the molecule is CCCCC/C=C/C(=O)N(O)CCCCCCNC(=O)CC(O)(CC(=O)NCCCCCCN(O)C(=O)/C=C/CCCCC)C(=O)OC(C)(C)C. The number of nitrogens with zero attached hydrogens (tertiary/aromatic N) is 2. The molecule has 0 aromatic rings. The molecule has 0 saturated carbocycles. The van der Waals surface area contributed by atoms with Gasteiger partial charge in [-0.2, -0.15) is 0 Å². The van der Waals surface area contributed by atoms with Crippen LogP contribution in [0.25, 0.3) is 0 Å². The van der Waals surface area contributed by atoms with Crippen molar-refractivity contribution in [1.82, 2.24) is 20.8 Å². The van der Waals surface area contributed by atoms with Crippen molar-refractivity contribution < 1.29 is 44.2 Å². The second-order valence-electron chi connectivity index (χ2n) is 14.1. The minimum absolute atomic E-state index is 0.206. The van der Waals surface area contributed by atoms with Gasteiger partial charge >= 0.3 is 5.97 Å². The van der Waals surface area contributed by atoms with Gasteiger partial charge in [-0.1, -0.05) is 77.4 Å². The standard InChI is InChI=1S/C38H68N4O9/c1-6-8-10-12-18-24-34(45)41(49)28-22-16-14-20-26-39-32(43)30-38(48,36(47)51-37(3,4)5)31-33(44)40-27-21-15-17-23-29-42(50)35(46)25-19-13-11-9-7-2/h18-19,24-25,48-50H,6-17,20-23,26-31H2,1-5H3,(H,39,43)(H,40,44)/b24-18+,25-19+. The molecule has 4 amide bonds. The molecule has 0 aromatic heterocycles. The summed E-state index contributed by atoms with van der Waals surface area (Å²) in [6, 6.07) is 0. The molecule has 13 heteroatoms. The van der Waals surface area contributed by atoms with Gasteiger partial charge in [0.2, 0.25) is 11.8 Å². The summed E-state index contributed by atoms with van der Waals surface area (Å²) in [5.41, 5.74) is -3.30. The fourth-order valence-corrected chi connectivity index (χ4v) is 4.96. The van der Waals surface area contributed by atoms with Crippen molar-refractivity contribution in [1.29, 1.82) is 0 Å². The molecule has 0 spiro atoms. The van der Waals surface area contributed by atoms with Gasteiger partial charge in [0.25, 0.3) is 11.8 Å². The fourth-order valence-electron chi connectivity index (χ4n) is 4.96. The molecule has 0 bridgehead atoms. The molecular weight excluding hydrogens is 656 g/mol. The molecule has 0 aromatic carbocycles. The van der Waals surface area contributed by atoms with Crippen LogP contribution in [0.5, 0.6) is 0 Å². The first-order valence-corrected chi connectivity index (χ1v) is 19.0. The summed E-state index contributed by atoms with van der Waals surface area (Å²) in [5, 5.41) is 37.8. The normalized spacial score (nSPS) is 11.9. The number of carbonyl (C=O) groups excluding carboxylic acids is 5. The Hall–Kier alpha value is -3.29. The Morgan fingerprint density at radius 2 is 1.00 bits per heavy atom. The van der Waals surface area contributed by atoms with E-state index >= 15 is 0 Å². The molecule has 0 atom stereocenters. The van der Waals surface area contributed by atoms with E-state index in [1.54, 1.807) is 32.9 Å². The second kappa shape index (κ2) is 28.3. The zero-order valence-corrected chi connectivity index (χ0v) is 32.1. The van der Waals surface area contributed by atoms with Gasteiger partial charge in [-0.25, -0.2) is 14.9 Å². The van der Waals surface area contributed by atoms with Gasteiger partial charge in [-0.05, 0) is 72.1 Å². The molecule has 0 rings (SSSR count). The lowest BCUT2D eigenvalue weighted by Crippen LogP contribution is -2.50. The highest BCUT2D eigenvalue weighted by Gasteiger charge is 2.43. The number of hydrogen-bond acceptors (Lipinski definition) is 9. The Bertz CT molecular complexity index is 1010. The third-order valence-corrected chi connectivity index (χ3v) is 7.90. The summed E-state index contributed by atoms with van der Waals surface area (Å²) in [7, 11) is 0. The molecule has 0 aliphatic rings. The summed E-state index contributed by atoms with van der Waals surface area (Å²) in [6.07, 6.45) is 18.4. The smallest absolute Gasteiger partial charge is 0.339 e. The largest absolute Gasteiger partial charge is 0.458 e. The molecule has 51 heavy (non-hydrogen) atoms. The lowest BCUT2D eigenvalue weighted by atomic mass is 9.94. The van der Waals surface area contributed by atoms with Crippen LogP contribution >= 0.6 is 0 Å². The quantitative estimate of drug-likeness (QED) is 0.0206. The van der Waals surface area contributed by atoms with E-state index in [-0.39, 0.29) is 26.2 Å². The van der Waals surface area contributed by atoms with Gasteiger partial charge < -0.3 is 20.5 Å². The molecule has 0 fully saturated rings. The molecule has 0 radical (unpaired) electrons. The minimum atomic E-state index is -2.36. The topological polar surface area (TPSA) is 186 Å². The minimum Gasteiger partial charge on any atom is -0.458 e. The monoisotopic (exact) mass is 724 g/mol. The highest BCUT2D eigenvalue weighted by atomic mass is 16.6. The van der Waals surface area contributed by atoms with Crippen LogP contribution in [0.2, 0.25) is 0 Å². The number of esters is 1. The average Bonchev–Trinajstić information content (AvgIpc) is 3.05. The van der Waals surface area contributed by atoms with Gasteiger partial charge in [0.15, 0.2) is 5.60 Å². The third kappa shape index (κ3) is 26.2. The van der Waals surface area contributed by atoms with Crippen molar-refractivity contribution in [2.24, 2.45) is 0 Å². The number of amides is 4. The lowest BCUT2D eigenvalue weighted by molar-refractivity contribution is -0.181. The van der Waals surface area contributed by atoms with Gasteiger partial charge in [0.1, 0.15) is 5.60 Å². The van der Waals surface area contributed by atoms with E-state index < -0.39 is 53.6 Å². The Balaban J connectivity index is 4.54. The van der Waals surface area contributed by atoms with E-state index in [0.29, 0.717) is 35.8 Å². The van der Waals surface area contributed by atoms with Crippen molar-refractivity contribution in [2.45, 2.75) is 161 Å². The summed E-state index contributed by atoms with van der Waals surface area (Å²) in [5.74, 6) is -3.14. The van der Waals surface area contributed by atoms with Crippen LogP contribution in [0.4, 0.5) is 0 Å². The van der Waals surface area contributed by atoms with Gasteiger partial charge in [-0.15, -0.1) is 0 Å². The molecule has 13 nitrogen and oxygen atoms in total. The first-order valence-electron chi connectivity index (χ1n) is 19.0. The summed E-state index contributed by atoms with van der Waals surface area (Å²) in [4.78, 5) is 62.2. The van der Waals surface area contributed by atoms with Crippen LogP contribution in [0.3, 0.4) is 0 Å². The Labute approximate surface area is 306 Å². The van der Waals surface area contributed by atoms with Gasteiger partial charge in [0, 0.05) is 38.3 Å². The van der Waals surface area contributed by atoms with Crippen LogP contribution in [-0.4, -0.2) is 92.6 Å². The Kier molecular flexibility index (Phi) is 26.5. The van der Waals surface area contributed by atoms with Crippen molar-refractivity contribution in [3.05, 3.63) is 24.3 Å². The first-order chi connectivity index (χ1) is 24.1. The van der Waals surface area contributed by atoms with Crippen molar-refractivity contribution in [3.8, 4) is 0 Å². The summed E-state index contributed by atoms with van der Waals surface area (Å²) >= 11 is 0. The fraction of sp³-hybridized carbons (Fsp3) is 0.763. The van der Waals surface area contributed by atoms with E-state index in [4.69, 9.17) is 4.74 Å². The molecule has 0 unspecified atom stereocenters. The lowest BCUT2D eigenvalue weighted by Gasteiger charge is -2.29. The molecular formula is C38H68N4O9. The Morgan fingerprint density at radius 3 is 1.37 bits per heavy atom. The van der Waals surface area contributed by atoms with E-state index in [1.165, 1.54) is 12.2 Å². The molecule has 0 heterocycles. The number of hydrogen-bond donors (Lipinski definition) is 5. The predicted molar refractivity (Wildman–Crippen MR) is 197 cm³/mol. The molecule has 0 saturated heterocycles. The van der Waals surface area contributed by atoms with Crippen molar-refractivity contribution in [3.63, 3.8) is 0 Å². The van der Waals surface area contributed by atoms with Gasteiger partial charge in [0.05, 0.1) is 12.8 Å². The van der Waals surface area contributed by atoms with E-state index in [9.17, 15) is 39.5 Å². The van der Waals surface area contributed by atoms with E-state index in [2.05, 4.69) is 24.5 Å². The molecule has 0 aliphatic carbocycles. The number of hydroxylamine groups is 4. The summed E-state index contributed by atoms with van der Waals surface area (Å²) in [6.45, 7) is 10.1.